The standard InChI is InChI=1S/C9H18N2/c1-7(2)8(3)11-5-9(6-11)10-4/h7,9-10H,3,5-6H2,1-2,4H3. The number of nitrogens with zero attached hydrogens (tertiary/aromatic N) is 1. The average molecular weight is 154 g/mol. The van der Waals surface area contributed by atoms with Crippen molar-refractivity contribution in [2.24, 2.45) is 5.92 Å². The molecule has 0 aromatic heterocycles. The van der Waals surface area contributed by atoms with Crippen LogP contribution in [0, 0.1) is 5.92 Å². The second-order valence-electron chi connectivity index (χ2n) is 3.54. The zero-order chi connectivity index (χ0) is 8.43. The van der Waals surface area contributed by atoms with E-state index in [0.29, 0.717) is 12.0 Å². The van der Waals surface area contributed by atoms with Gasteiger partial charge in [0.1, 0.15) is 0 Å². The predicted molar refractivity (Wildman–Crippen MR) is 48.4 cm³/mol. The highest BCUT2D eigenvalue weighted by molar-refractivity contribution is 5.04. The van der Waals surface area contributed by atoms with Crippen LogP contribution in [0.5, 0.6) is 0 Å². The molecule has 64 valence electrons. The van der Waals surface area contributed by atoms with E-state index in [9.17, 15) is 0 Å². The molecule has 1 aliphatic heterocycles. The number of likely N-dealkylation sites (N-methyl/N-ethyl adjacent to an activating group) is 1. The van der Waals surface area contributed by atoms with Gasteiger partial charge in [-0.15, -0.1) is 0 Å². The summed E-state index contributed by atoms with van der Waals surface area (Å²) in [7, 11) is 2.01. The summed E-state index contributed by atoms with van der Waals surface area (Å²) in [6.07, 6.45) is 0. The third-order valence-electron chi connectivity index (χ3n) is 2.36. The first kappa shape index (κ1) is 8.60. The first-order valence-electron chi connectivity index (χ1n) is 4.26. The topological polar surface area (TPSA) is 15.3 Å². The largest absolute Gasteiger partial charge is 0.372 e. The first-order valence-corrected chi connectivity index (χ1v) is 4.26. The van der Waals surface area contributed by atoms with Gasteiger partial charge in [0.15, 0.2) is 0 Å². The molecule has 0 spiro atoms. The Balaban J connectivity index is 2.27. The molecule has 0 saturated carbocycles. The second-order valence-corrected chi connectivity index (χ2v) is 3.54. The fourth-order valence-corrected chi connectivity index (χ4v) is 1.26. The summed E-state index contributed by atoms with van der Waals surface area (Å²) in [5.41, 5.74) is 1.27. The molecule has 1 fully saturated rings. The molecule has 2 heteroatoms. The van der Waals surface area contributed by atoms with Crippen molar-refractivity contribution in [1.82, 2.24) is 10.2 Å². The maximum atomic E-state index is 4.04. The molecule has 0 atom stereocenters. The van der Waals surface area contributed by atoms with E-state index in [2.05, 4.69) is 30.6 Å². The van der Waals surface area contributed by atoms with Gasteiger partial charge in [0.05, 0.1) is 0 Å². The van der Waals surface area contributed by atoms with Crippen LogP contribution in [-0.4, -0.2) is 31.1 Å². The fraction of sp³-hybridized carbons (Fsp3) is 0.778. The number of hydrogen-bond acceptors (Lipinski definition) is 2. The van der Waals surface area contributed by atoms with Gasteiger partial charge in [-0.2, -0.15) is 0 Å². The Morgan fingerprint density at radius 1 is 1.55 bits per heavy atom. The number of allylic oxidation sites excluding steroid dienone is 1. The molecule has 1 rings (SSSR count). The summed E-state index contributed by atoms with van der Waals surface area (Å²) in [6.45, 7) is 10.7. The Hall–Kier alpha value is -0.500. The third kappa shape index (κ3) is 1.74. The van der Waals surface area contributed by atoms with Crippen LogP contribution in [0.4, 0.5) is 0 Å². The molecule has 1 saturated heterocycles. The van der Waals surface area contributed by atoms with Gasteiger partial charge in [-0.25, -0.2) is 0 Å². The SMILES string of the molecule is C=C(C(C)C)N1CC(NC)C1. The highest BCUT2D eigenvalue weighted by atomic mass is 15.2. The van der Waals surface area contributed by atoms with Crippen LogP contribution in [0.15, 0.2) is 12.3 Å². The molecule has 1 aliphatic rings. The van der Waals surface area contributed by atoms with Crippen molar-refractivity contribution in [2.45, 2.75) is 19.9 Å². The van der Waals surface area contributed by atoms with Crippen molar-refractivity contribution in [1.29, 1.82) is 0 Å². The Bertz CT molecular complexity index is 146. The smallest absolute Gasteiger partial charge is 0.0417 e. The van der Waals surface area contributed by atoms with Crippen LogP contribution >= 0.6 is 0 Å². The molecular formula is C9H18N2. The van der Waals surface area contributed by atoms with Gasteiger partial charge >= 0.3 is 0 Å². The highest BCUT2D eigenvalue weighted by Crippen LogP contribution is 2.19. The van der Waals surface area contributed by atoms with Crippen molar-refractivity contribution in [2.75, 3.05) is 20.1 Å². The molecule has 0 amide bonds. The molecule has 0 aromatic carbocycles. The highest BCUT2D eigenvalue weighted by Gasteiger charge is 2.26. The molecule has 0 aliphatic carbocycles. The Labute approximate surface area is 69.3 Å². The van der Waals surface area contributed by atoms with Gasteiger partial charge in [0.25, 0.3) is 0 Å². The van der Waals surface area contributed by atoms with Gasteiger partial charge in [-0.05, 0) is 13.0 Å². The monoisotopic (exact) mass is 154 g/mol. The van der Waals surface area contributed by atoms with E-state index in [0.717, 1.165) is 13.1 Å². The quantitative estimate of drug-likeness (QED) is 0.654. The average Bonchev–Trinajstić information content (AvgIpc) is 1.85. The van der Waals surface area contributed by atoms with Crippen molar-refractivity contribution in [3.05, 3.63) is 12.3 Å². The lowest BCUT2D eigenvalue weighted by atomic mass is 10.0. The van der Waals surface area contributed by atoms with Gasteiger partial charge < -0.3 is 10.2 Å². The molecule has 1 N–H and O–H groups in total. The summed E-state index contributed by atoms with van der Waals surface area (Å²) >= 11 is 0. The van der Waals surface area contributed by atoms with E-state index < -0.39 is 0 Å². The minimum absolute atomic E-state index is 0.591. The van der Waals surface area contributed by atoms with Crippen molar-refractivity contribution >= 4 is 0 Å². The number of rotatable bonds is 3. The lowest BCUT2D eigenvalue weighted by Gasteiger charge is -2.43. The normalized spacial score (nSPS) is 18.7. The van der Waals surface area contributed by atoms with Crippen LogP contribution in [0.25, 0.3) is 0 Å². The lowest BCUT2D eigenvalue weighted by molar-refractivity contribution is 0.163. The van der Waals surface area contributed by atoms with E-state index in [-0.39, 0.29) is 0 Å². The molecule has 1 heterocycles. The zero-order valence-corrected chi connectivity index (χ0v) is 7.72. The third-order valence-corrected chi connectivity index (χ3v) is 2.36. The van der Waals surface area contributed by atoms with Gasteiger partial charge in [0, 0.05) is 24.8 Å². The molecule has 0 radical (unpaired) electrons. The van der Waals surface area contributed by atoms with E-state index in [1.807, 2.05) is 7.05 Å². The molecule has 2 nitrogen and oxygen atoms in total. The first-order chi connectivity index (χ1) is 5.15. The van der Waals surface area contributed by atoms with Gasteiger partial charge in [-0.3, -0.25) is 0 Å². The van der Waals surface area contributed by atoms with E-state index in [1.54, 1.807) is 0 Å². The van der Waals surface area contributed by atoms with Crippen molar-refractivity contribution in [3.63, 3.8) is 0 Å². The molecule has 0 bridgehead atoms. The van der Waals surface area contributed by atoms with Crippen LogP contribution < -0.4 is 5.32 Å². The summed E-state index contributed by atoms with van der Waals surface area (Å²) in [6, 6.07) is 0.686. The number of hydrogen-bond donors (Lipinski definition) is 1. The van der Waals surface area contributed by atoms with Crippen LogP contribution in [0.3, 0.4) is 0 Å². The van der Waals surface area contributed by atoms with E-state index in [1.165, 1.54) is 5.70 Å². The molecular weight excluding hydrogens is 136 g/mol. The van der Waals surface area contributed by atoms with Gasteiger partial charge in [-0.1, -0.05) is 20.4 Å². The maximum absolute atomic E-state index is 4.04. The number of likely N-dealkylation sites (tertiary alicyclic amines) is 1. The van der Waals surface area contributed by atoms with Gasteiger partial charge in [0.2, 0.25) is 0 Å². The molecule has 11 heavy (non-hydrogen) atoms. The molecule has 0 aromatic rings. The maximum Gasteiger partial charge on any atom is 0.0417 e. The summed E-state index contributed by atoms with van der Waals surface area (Å²) in [5, 5.41) is 3.24. The second kappa shape index (κ2) is 3.26. The van der Waals surface area contributed by atoms with E-state index >= 15 is 0 Å². The van der Waals surface area contributed by atoms with Crippen LogP contribution in [-0.2, 0) is 0 Å². The van der Waals surface area contributed by atoms with Crippen LogP contribution in [0.2, 0.25) is 0 Å². The van der Waals surface area contributed by atoms with Crippen LogP contribution in [0.1, 0.15) is 13.8 Å². The Morgan fingerprint density at radius 3 is 2.45 bits per heavy atom. The van der Waals surface area contributed by atoms with Crippen molar-refractivity contribution < 1.29 is 0 Å². The lowest BCUT2D eigenvalue weighted by Crippen LogP contribution is -2.56. The minimum atomic E-state index is 0.591. The minimum Gasteiger partial charge on any atom is -0.372 e. The summed E-state index contributed by atoms with van der Waals surface area (Å²) < 4.78 is 0. The number of nitrogens with one attached hydrogen (secondary N) is 1. The predicted octanol–water partition coefficient (Wildman–Crippen LogP) is 1.06. The zero-order valence-electron chi connectivity index (χ0n) is 7.72. The molecule has 0 unspecified atom stereocenters. The van der Waals surface area contributed by atoms with Crippen molar-refractivity contribution in [3.8, 4) is 0 Å². The summed E-state index contributed by atoms with van der Waals surface area (Å²) in [4.78, 5) is 2.34. The Morgan fingerprint density at radius 2 is 2.09 bits per heavy atom. The Kier molecular flexibility index (Phi) is 2.55. The fourth-order valence-electron chi connectivity index (χ4n) is 1.26. The summed E-state index contributed by atoms with van der Waals surface area (Å²) in [5.74, 6) is 0.591. The van der Waals surface area contributed by atoms with E-state index in [4.69, 9.17) is 0 Å².